The molecule has 0 aliphatic carbocycles. The fourth-order valence-corrected chi connectivity index (χ4v) is 10.4. The maximum absolute atomic E-state index is 12.2. The van der Waals surface area contributed by atoms with E-state index in [0.717, 1.165) is 0 Å². The number of alkyl halides is 2. The zero-order chi connectivity index (χ0) is 37.1. The molecule has 0 heterocycles. The predicted octanol–water partition coefficient (Wildman–Crippen LogP) is 6.25. The lowest BCUT2D eigenvalue weighted by molar-refractivity contribution is 0.0699. The van der Waals surface area contributed by atoms with Gasteiger partial charge in [0.1, 0.15) is 37.9 Å². The summed E-state index contributed by atoms with van der Waals surface area (Å²) in [4.78, 5) is 24.4. The van der Waals surface area contributed by atoms with Crippen LogP contribution in [-0.2, 0) is 47.8 Å². The van der Waals surface area contributed by atoms with Crippen molar-refractivity contribution >= 4 is 53.0 Å². The summed E-state index contributed by atoms with van der Waals surface area (Å²) in [7, 11) is -5.52. The molecule has 0 atom stereocenters. The van der Waals surface area contributed by atoms with Gasteiger partial charge in [0.15, 0.2) is 0 Å². The zero-order valence-electron chi connectivity index (χ0n) is 30.5. The minimum Gasteiger partial charge on any atom is -0.490 e. The maximum Gasteiger partial charge on any atom is 0.500 e. The summed E-state index contributed by atoms with van der Waals surface area (Å²) in [6.45, 7) is 15.4. The first-order valence-corrected chi connectivity index (χ1v) is 22.3. The number of halogens is 2. The lowest BCUT2D eigenvalue weighted by Crippen LogP contribution is -2.46. The van der Waals surface area contributed by atoms with E-state index in [9.17, 15) is 9.59 Å². The van der Waals surface area contributed by atoms with Gasteiger partial charge in [0.25, 0.3) is 0 Å². The highest BCUT2D eigenvalue weighted by atomic mass is 35.5. The zero-order valence-corrected chi connectivity index (χ0v) is 34.0. The lowest BCUT2D eigenvalue weighted by Gasteiger charge is -2.28. The van der Waals surface area contributed by atoms with Crippen LogP contribution < -0.4 is 20.1 Å². The summed E-state index contributed by atoms with van der Waals surface area (Å²) in [5.41, 5.74) is 1.32. The van der Waals surface area contributed by atoms with Crippen LogP contribution in [0.5, 0.6) is 11.5 Å². The molecule has 0 aliphatic heterocycles. The van der Waals surface area contributed by atoms with Gasteiger partial charge in [0, 0.05) is 75.9 Å². The molecule has 0 aromatic heterocycles. The normalized spacial score (nSPS) is 11.7. The van der Waals surface area contributed by atoms with Gasteiger partial charge in [-0.05, 0) is 66.5 Å². The Labute approximate surface area is 310 Å². The van der Waals surface area contributed by atoms with Crippen molar-refractivity contribution in [2.45, 2.75) is 78.2 Å². The Morgan fingerprint density at radius 3 is 1.16 bits per heavy atom. The van der Waals surface area contributed by atoms with Crippen LogP contribution in [0.15, 0.2) is 12.1 Å². The number of benzene rings is 1. The van der Waals surface area contributed by atoms with Crippen LogP contribution in [0.25, 0.3) is 0 Å². The third kappa shape index (κ3) is 18.1. The number of hydrogen-bond donors (Lipinski definition) is 2. The third-order valence-electron chi connectivity index (χ3n) is 6.72. The summed E-state index contributed by atoms with van der Waals surface area (Å²) in [6.07, 6.45) is 0.121. The molecule has 14 nitrogen and oxygen atoms in total. The van der Waals surface area contributed by atoms with E-state index >= 15 is 0 Å². The standard InChI is InChI=1S/C32H58Cl2N2O12Si2/c1-7-43-49(44-8-2,45-9-3)21-13-15-35-31(37)41-19-17-39-29-23-28(26-34)30(24-27(29)25-33)40-18-20-42-32(38)36-16-14-22-50(46-10-4,47-11-5)48-12-6/h23-24H,7-22,25-26H2,1-6H3,(H,35,37)(H,36,38). The van der Waals surface area contributed by atoms with Gasteiger partial charge in [-0.15, -0.1) is 23.2 Å². The first-order chi connectivity index (χ1) is 24.2. The molecule has 0 aliphatic rings. The molecular weight excluding hydrogens is 731 g/mol. The number of carbonyl (C=O) groups excluding carboxylic acids is 2. The van der Waals surface area contributed by atoms with Crippen molar-refractivity contribution < 1.29 is 55.1 Å². The monoisotopic (exact) mass is 788 g/mol. The highest BCUT2D eigenvalue weighted by molar-refractivity contribution is 6.61. The number of ether oxygens (including phenoxy) is 4. The molecule has 290 valence electrons. The Morgan fingerprint density at radius 2 is 0.880 bits per heavy atom. The van der Waals surface area contributed by atoms with Crippen LogP contribution in [0, 0.1) is 0 Å². The summed E-state index contributed by atoms with van der Waals surface area (Å²) in [6, 6.07) is 4.63. The molecular formula is C32H58Cl2N2O12Si2. The Hall–Kier alpha value is -1.87. The Morgan fingerprint density at radius 1 is 0.560 bits per heavy atom. The number of nitrogens with one attached hydrogen (secondary N) is 2. The minimum atomic E-state index is -2.76. The molecule has 1 aromatic carbocycles. The predicted molar refractivity (Wildman–Crippen MR) is 195 cm³/mol. The van der Waals surface area contributed by atoms with Gasteiger partial charge >= 0.3 is 29.8 Å². The van der Waals surface area contributed by atoms with Gasteiger partial charge in [-0.3, -0.25) is 0 Å². The third-order valence-corrected chi connectivity index (χ3v) is 13.6. The quantitative estimate of drug-likeness (QED) is 0.0515. The fraction of sp³-hybridized carbons (Fsp3) is 0.750. The molecule has 0 saturated heterocycles. The Bertz CT molecular complexity index is 964. The second-order valence-corrected chi connectivity index (χ2v) is 16.3. The van der Waals surface area contributed by atoms with Gasteiger partial charge in [-0.1, -0.05) is 0 Å². The topological polar surface area (TPSA) is 150 Å². The van der Waals surface area contributed by atoms with E-state index in [4.69, 9.17) is 68.7 Å². The van der Waals surface area contributed by atoms with E-state index in [1.54, 1.807) is 12.1 Å². The largest absolute Gasteiger partial charge is 0.500 e. The number of amides is 2. The van der Waals surface area contributed by atoms with Crippen molar-refractivity contribution in [2.75, 3.05) is 79.2 Å². The molecule has 0 bridgehead atoms. The van der Waals surface area contributed by atoms with Crippen LogP contribution in [0.3, 0.4) is 0 Å². The average Bonchev–Trinajstić information content (AvgIpc) is 3.09. The second-order valence-electron chi connectivity index (χ2n) is 10.3. The number of hydrogen-bond acceptors (Lipinski definition) is 12. The Kier molecular flexibility index (Phi) is 25.6. The summed E-state index contributed by atoms with van der Waals surface area (Å²) in [5.74, 6) is 1.28. The van der Waals surface area contributed by atoms with Crippen LogP contribution in [0.2, 0.25) is 12.1 Å². The fourth-order valence-electron chi connectivity index (χ4n) is 4.79. The highest BCUT2D eigenvalue weighted by Gasteiger charge is 2.40. The lowest BCUT2D eigenvalue weighted by atomic mass is 10.1. The number of carbonyl (C=O) groups is 2. The first kappa shape index (κ1) is 46.2. The molecule has 0 unspecified atom stereocenters. The van der Waals surface area contributed by atoms with Crippen LogP contribution in [0.4, 0.5) is 9.59 Å². The molecule has 2 amide bonds. The second kappa shape index (κ2) is 27.7. The van der Waals surface area contributed by atoms with Gasteiger partial charge < -0.3 is 56.1 Å². The maximum atomic E-state index is 12.2. The van der Waals surface area contributed by atoms with Crippen molar-refractivity contribution in [1.82, 2.24) is 10.6 Å². The van der Waals surface area contributed by atoms with E-state index in [0.29, 0.717) is 100 Å². The molecule has 0 fully saturated rings. The molecule has 0 saturated carbocycles. The van der Waals surface area contributed by atoms with Crippen molar-refractivity contribution in [3.63, 3.8) is 0 Å². The molecule has 0 spiro atoms. The molecule has 18 heteroatoms. The summed E-state index contributed by atoms with van der Waals surface area (Å²) in [5, 5.41) is 5.45. The Balaban J connectivity index is 2.47. The van der Waals surface area contributed by atoms with Crippen molar-refractivity contribution in [2.24, 2.45) is 0 Å². The SMILES string of the molecule is CCO[Si](CCCNC(=O)OCCOc1cc(CCl)c(OCCOC(=O)NCCC[Si](OCC)(OCC)OCC)cc1CCl)(OCC)OCC. The average molecular weight is 790 g/mol. The van der Waals surface area contributed by atoms with E-state index in [1.807, 2.05) is 41.5 Å². The van der Waals surface area contributed by atoms with Gasteiger partial charge in [0.05, 0.1) is 11.8 Å². The molecule has 0 radical (unpaired) electrons. The van der Waals surface area contributed by atoms with E-state index in [-0.39, 0.29) is 38.2 Å². The van der Waals surface area contributed by atoms with Crippen LogP contribution in [0.1, 0.15) is 65.5 Å². The minimum absolute atomic E-state index is 0.0192. The summed E-state index contributed by atoms with van der Waals surface area (Å²) >= 11 is 12.4. The van der Waals surface area contributed by atoms with Gasteiger partial charge in [-0.2, -0.15) is 0 Å². The number of rotatable bonds is 30. The first-order valence-electron chi connectivity index (χ1n) is 17.4. The van der Waals surface area contributed by atoms with E-state index in [1.165, 1.54) is 0 Å². The summed E-state index contributed by atoms with van der Waals surface area (Å²) < 4.78 is 57.2. The smallest absolute Gasteiger partial charge is 0.490 e. The molecule has 1 rings (SSSR count). The molecule has 1 aromatic rings. The number of alkyl carbamates (subject to hydrolysis) is 2. The van der Waals surface area contributed by atoms with Crippen molar-refractivity contribution in [1.29, 1.82) is 0 Å². The van der Waals surface area contributed by atoms with Gasteiger partial charge in [0.2, 0.25) is 0 Å². The molecule has 50 heavy (non-hydrogen) atoms. The van der Waals surface area contributed by atoms with Crippen LogP contribution >= 0.6 is 23.2 Å². The highest BCUT2D eigenvalue weighted by Crippen LogP contribution is 2.31. The van der Waals surface area contributed by atoms with Crippen LogP contribution in [-0.4, -0.2) is 109 Å². The molecule has 2 N–H and O–H groups in total. The van der Waals surface area contributed by atoms with Gasteiger partial charge in [-0.25, -0.2) is 9.59 Å². The van der Waals surface area contributed by atoms with E-state index in [2.05, 4.69) is 10.6 Å². The van der Waals surface area contributed by atoms with Crippen molar-refractivity contribution in [3.8, 4) is 11.5 Å². The van der Waals surface area contributed by atoms with Crippen molar-refractivity contribution in [3.05, 3.63) is 23.3 Å². The van der Waals surface area contributed by atoms with E-state index < -0.39 is 29.8 Å².